The first-order valence-electron chi connectivity index (χ1n) is 4.35. The van der Waals surface area contributed by atoms with Crippen molar-refractivity contribution in [1.29, 1.82) is 0 Å². The van der Waals surface area contributed by atoms with Crippen LogP contribution in [0.4, 0.5) is 5.82 Å². The Morgan fingerprint density at radius 2 is 2.15 bits per heavy atom. The van der Waals surface area contributed by atoms with Gasteiger partial charge in [-0.1, -0.05) is 13.8 Å². The maximum absolute atomic E-state index is 4.24. The molecule has 13 heavy (non-hydrogen) atoms. The van der Waals surface area contributed by atoms with Crippen LogP contribution < -0.4 is 0 Å². The first-order valence-corrected chi connectivity index (χ1v) is 4.35. The summed E-state index contributed by atoms with van der Waals surface area (Å²) >= 11 is 0. The maximum atomic E-state index is 4.24. The molecule has 2 heteroatoms. The molecular formula is C11H14N2. The van der Waals surface area contributed by atoms with Crippen molar-refractivity contribution in [1.82, 2.24) is 4.98 Å². The topological polar surface area (TPSA) is 25.2 Å². The molecule has 0 unspecified atom stereocenters. The van der Waals surface area contributed by atoms with Gasteiger partial charge in [-0.25, -0.2) is 4.98 Å². The first kappa shape index (κ1) is 9.69. The quantitative estimate of drug-likeness (QED) is 0.633. The molecule has 0 aliphatic rings. The van der Waals surface area contributed by atoms with Gasteiger partial charge in [0.15, 0.2) is 5.82 Å². The van der Waals surface area contributed by atoms with E-state index < -0.39 is 0 Å². The lowest BCUT2D eigenvalue weighted by Gasteiger charge is -2.06. The molecule has 0 aliphatic heterocycles. The summed E-state index contributed by atoms with van der Waals surface area (Å²) in [6, 6.07) is 4.04. The zero-order valence-electron chi connectivity index (χ0n) is 8.33. The van der Waals surface area contributed by atoms with E-state index in [1.807, 2.05) is 13.0 Å². The number of aryl methyl sites for hydroxylation is 1. The van der Waals surface area contributed by atoms with Gasteiger partial charge in [0, 0.05) is 5.69 Å². The second-order valence-corrected chi connectivity index (χ2v) is 3.32. The van der Waals surface area contributed by atoms with Gasteiger partial charge in [-0.3, -0.25) is 0 Å². The summed E-state index contributed by atoms with van der Waals surface area (Å²) in [7, 11) is 0. The molecule has 0 bridgehead atoms. The molecule has 1 aromatic rings. The molecule has 68 valence electrons. The van der Waals surface area contributed by atoms with Crippen LogP contribution in [0.1, 0.15) is 31.0 Å². The van der Waals surface area contributed by atoms with Gasteiger partial charge in [-0.15, -0.1) is 0 Å². The molecule has 0 aromatic carbocycles. The summed E-state index contributed by atoms with van der Waals surface area (Å²) in [4.78, 5) is 8.18. The van der Waals surface area contributed by atoms with E-state index in [2.05, 4.69) is 42.3 Å². The summed E-state index contributed by atoms with van der Waals surface area (Å²) in [6.07, 6.45) is 0. The Morgan fingerprint density at radius 3 is 2.69 bits per heavy atom. The smallest absolute Gasteiger partial charge is 0.161 e. The van der Waals surface area contributed by atoms with Crippen LogP contribution in [0.25, 0.3) is 0 Å². The number of rotatable bonds is 2. The molecule has 0 N–H and O–H groups in total. The Balaban J connectivity index is 3.18. The summed E-state index contributed by atoms with van der Waals surface area (Å²) in [5.74, 6) is 3.68. The monoisotopic (exact) mass is 174 g/mol. The lowest BCUT2D eigenvalue weighted by atomic mass is 10.0. The standard InChI is InChI=1S/C11H14N2/c1-5-12-11-7-10(8(2)3)6-9(4)13-11/h6-8H,1H2,2-4H3. The van der Waals surface area contributed by atoms with Crippen LogP contribution in [0.15, 0.2) is 23.7 Å². The fourth-order valence-corrected chi connectivity index (χ4v) is 1.15. The number of nitrogens with zero attached hydrogens (tertiary/aromatic N) is 2. The highest BCUT2D eigenvalue weighted by Crippen LogP contribution is 2.19. The molecule has 0 amide bonds. The predicted octanol–water partition coefficient (Wildman–Crippen LogP) is 3.00. The highest BCUT2D eigenvalue weighted by Gasteiger charge is 2.02. The Labute approximate surface area is 79.0 Å². The summed E-state index contributed by atoms with van der Waals surface area (Å²) in [5.41, 5.74) is 2.24. The number of aromatic nitrogens is 1. The van der Waals surface area contributed by atoms with Crippen LogP contribution in [0.5, 0.6) is 0 Å². The number of hydrogen-bond donors (Lipinski definition) is 0. The van der Waals surface area contributed by atoms with Crippen LogP contribution in [0, 0.1) is 6.92 Å². The Bertz CT molecular complexity index is 347. The third kappa shape index (κ3) is 2.53. The minimum atomic E-state index is 0.500. The normalized spacial score (nSPS) is 9.85. The van der Waals surface area contributed by atoms with Crippen molar-refractivity contribution in [2.75, 3.05) is 0 Å². The van der Waals surface area contributed by atoms with Gasteiger partial charge in [-0.05, 0) is 43.0 Å². The van der Waals surface area contributed by atoms with Gasteiger partial charge in [-0.2, -0.15) is 4.99 Å². The summed E-state index contributed by atoms with van der Waals surface area (Å²) in [5, 5.41) is 0. The fraction of sp³-hybridized carbons (Fsp3) is 0.364. The Morgan fingerprint density at radius 1 is 1.46 bits per heavy atom. The van der Waals surface area contributed by atoms with Crippen LogP contribution in [-0.2, 0) is 0 Å². The van der Waals surface area contributed by atoms with E-state index >= 15 is 0 Å². The Hall–Kier alpha value is -1.40. The third-order valence-electron chi connectivity index (χ3n) is 1.82. The maximum Gasteiger partial charge on any atom is 0.161 e. The van der Waals surface area contributed by atoms with E-state index in [9.17, 15) is 0 Å². The number of pyridine rings is 1. The fourth-order valence-electron chi connectivity index (χ4n) is 1.15. The van der Waals surface area contributed by atoms with Gasteiger partial charge >= 0.3 is 0 Å². The van der Waals surface area contributed by atoms with Gasteiger partial charge in [0.25, 0.3) is 0 Å². The van der Waals surface area contributed by atoms with E-state index in [0.29, 0.717) is 11.7 Å². The van der Waals surface area contributed by atoms with Crippen molar-refractivity contribution >= 4 is 11.7 Å². The average molecular weight is 174 g/mol. The molecule has 0 atom stereocenters. The van der Waals surface area contributed by atoms with Crippen molar-refractivity contribution in [3.63, 3.8) is 0 Å². The highest BCUT2D eigenvalue weighted by molar-refractivity contribution is 5.53. The largest absolute Gasteiger partial charge is 0.233 e. The van der Waals surface area contributed by atoms with Crippen LogP contribution in [0.2, 0.25) is 0 Å². The number of aliphatic imine (C=N–C) groups is 1. The van der Waals surface area contributed by atoms with Crippen molar-refractivity contribution in [2.24, 2.45) is 4.99 Å². The van der Waals surface area contributed by atoms with Gasteiger partial charge in [0.05, 0.1) is 0 Å². The van der Waals surface area contributed by atoms with Crippen LogP contribution in [-0.4, -0.2) is 10.9 Å². The van der Waals surface area contributed by atoms with Crippen molar-refractivity contribution in [2.45, 2.75) is 26.7 Å². The molecule has 0 radical (unpaired) electrons. The van der Waals surface area contributed by atoms with Crippen molar-refractivity contribution < 1.29 is 0 Å². The Kier molecular flexibility index (Phi) is 2.99. The molecule has 0 aliphatic carbocycles. The zero-order valence-corrected chi connectivity index (χ0v) is 8.33. The molecule has 1 heterocycles. The molecule has 1 aromatic heterocycles. The van der Waals surface area contributed by atoms with Gasteiger partial charge in [0.2, 0.25) is 0 Å². The summed E-state index contributed by atoms with van der Waals surface area (Å²) in [6.45, 7) is 9.69. The van der Waals surface area contributed by atoms with Gasteiger partial charge in [0.1, 0.15) is 0 Å². The first-order chi connectivity index (χ1) is 6.13. The SMILES string of the molecule is C=C=Nc1cc(C(C)C)cc(C)n1. The molecule has 0 fully saturated rings. The molecule has 2 nitrogen and oxygen atoms in total. The second kappa shape index (κ2) is 4.01. The third-order valence-corrected chi connectivity index (χ3v) is 1.82. The predicted molar refractivity (Wildman–Crippen MR) is 55.8 cm³/mol. The lowest BCUT2D eigenvalue weighted by Crippen LogP contribution is -1.90. The van der Waals surface area contributed by atoms with Gasteiger partial charge < -0.3 is 0 Å². The van der Waals surface area contributed by atoms with Crippen LogP contribution in [0.3, 0.4) is 0 Å². The number of hydrogen-bond acceptors (Lipinski definition) is 2. The van der Waals surface area contributed by atoms with Crippen molar-refractivity contribution in [3.8, 4) is 0 Å². The zero-order chi connectivity index (χ0) is 9.84. The van der Waals surface area contributed by atoms with E-state index in [1.54, 1.807) is 0 Å². The molecular weight excluding hydrogens is 160 g/mol. The molecule has 0 saturated carbocycles. The van der Waals surface area contributed by atoms with E-state index in [4.69, 9.17) is 0 Å². The molecule has 0 saturated heterocycles. The summed E-state index contributed by atoms with van der Waals surface area (Å²) < 4.78 is 0. The second-order valence-electron chi connectivity index (χ2n) is 3.32. The average Bonchev–Trinajstić information content (AvgIpc) is 2.03. The molecule has 1 rings (SSSR count). The van der Waals surface area contributed by atoms with E-state index in [-0.39, 0.29) is 0 Å². The van der Waals surface area contributed by atoms with Crippen molar-refractivity contribution in [3.05, 3.63) is 30.0 Å². The van der Waals surface area contributed by atoms with E-state index in [0.717, 1.165) is 5.69 Å². The highest BCUT2D eigenvalue weighted by atomic mass is 14.9. The minimum absolute atomic E-state index is 0.500. The van der Waals surface area contributed by atoms with E-state index in [1.165, 1.54) is 5.56 Å². The lowest BCUT2D eigenvalue weighted by molar-refractivity contribution is 0.859. The van der Waals surface area contributed by atoms with Crippen LogP contribution >= 0.6 is 0 Å². The minimum Gasteiger partial charge on any atom is -0.233 e. The molecule has 0 spiro atoms.